The van der Waals surface area contributed by atoms with Gasteiger partial charge in [0.1, 0.15) is 17.3 Å². The third-order valence-electron chi connectivity index (χ3n) is 3.98. The fourth-order valence-electron chi connectivity index (χ4n) is 2.54. The zero-order chi connectivity index (χ0) is 17.8. The third kappa shape index (κ3) is 3.54. The molecule has 0 bridgehead atoms. The molecule has 0 fully saturated rings. The van der Waals surface area contributed by atoms with Gasteiger partial charge in [-0.3, -0.25) is 0 Å². The Morgan fingerprint density at radius 2 is 1.44 bits per heavy atom. The maximum atomic E-state index is 5.86. The normalized spacial score (nSPS) is 11.4. The monoisotopic (exact) mass is 354 g/mol. The first kappa shape index (κ1) is 17.1. The van der Waals surface area contributed by atoms with Crippen LogP contribution in [0.3, 0.4) is 0 Å². The van der Waals surface area contributed by atoms with Crippen molar-refractivity contribution in [1.29, 1.82) is 0 Å². The van der Waals surface area contributed by atoms with E-state index in [1.54, 1.807) is 14.2 Å². The molecule has 2 aromatic carbocycles. The van der Waals surface area contributed by atoms with E-state index in [0.717, 1.165) is 45.4 Å². The molecule has 1 N–H and O–H groups in total. The highest BCUT2D eigenvalue weighted by Crippen LogP contribution is 2.33. The predicted octanol–water partition coefficient (Wildman–Crippen LogP) is 5.36. The average molecular weight is 355 g/mol. The number of hydrogen-bond donors (Lipinski definition) is 1. The Labute approximate surface area is 152 Å². The van der Waals surface area contributed by atoms with Crippen LogP contribution < -0.4 is 9.47 Å². The smallest absolute Gasteiger partial charge is 0.135 e. The van der Waals surface area contributed by atoms with Gasteiger partial charge >= 0.3 is 0 Å². The van der Waals surface area contributed by atoms with Crippen molar-refractivity contribution in [3.05, 3.63) is 59.9 Å². The van der Waals surface area contributed by atoms with Gasteiger partial charge in [0.25, 0.3) is 0 Å². The van der Waals surface area contributed by atoms with Crippen LogP contribution in [0.25, 0.3) is 28.1 Å². The molecule has 0 saturated heterocycles. The van der Waals surface area contributed by atoms with Crippen molar-refractivity contribution in [2.45, 2.75) is 6.92 Å². The van der Waals surface area contributed by atoms with Crippen LogP contribution in [0.4, 0.5) is 0 Å². The number of imidazole rings is 1. The lowest BCUT2D eigenvalue weighted by Crippen LogP contribution is -1.87. The van der Waals surface area contributed by atoms with Crippen LogP contribution in [-0.4, -0.2) is 24.2 Å². The first-order valence-electron chi connectivity index (χ1n) is 7.82. The van der Waals surface area contributed by atoms with Crippen molar-refractivity contribution in [1.82, 2.24) is 9.97 Å². The molecule has 0 aliphatic carbocycles. The van der Waals surface area contributed by atoms with E-state index in [1.807, 2.05) is 55.5 Å². The van der Waals surface area contributed by atoms with Crippen molar-refractivity contribution in [2.75, 3.05) is 14.2 Å². The van der Waals surface area contributed by atoms with E-state index >= 15 is 0 Å². The molecule has 0 atom stereocenters. The number of benzene rings is 2. The Morgan fingerprint density at radius 1 is 0.920 bits per heavy atom. The van der Waals surface area contributed by atoms with Crippen molar-refractivity contribution in [3.8, 4) is 34.0 Å². The Balaban J connectivity index is 2.12. The van der Waals surface area contributed by atoms with Gasteiger partial charge in [0, 0.05) is 22.2 Å². The van der Waals surface area contributed by atoms with E-state index in [2.05, 4.69) is 4.98 Å². The molecule has 0 saturated carbocycles. The minimum atomic E-state index is 0.742. The fourth-order valence-corrected chi connectivity index (χ4v) is 2.64. The molecule has 0 aliphatic rings. The van der Waals surface area contributed by atoms with Crippen molar-refractivity contribution < 1.29 is 9.47 Å². The second-order valence-electron chi connectivity index (χ2n) is 5.56. The third-order valence-corrected chi connectivity index (χ3v) is 4.31. The second kappa shape index (κ2) is 7.45. The van der Waals surface area contributed by atoms with Crippen LogP contribution >= 0.6 is 11.6 Å². The number of hydrogen-bond acceptors (Lipinski definition) is 3. The molecule has 0 radical (unpaired) electrons. The molecule has 3 aromatic rings. The number of allylic oxidation sites excluding steroid dienone is 1. The quantitative estimate of drug-likeness (QED) is 0.670. The Kier molecular flexibility index (Phi) is 5.10. The van der Waals surface area contributed by atoms with E-state index in [1.165, 1.54) is 5.54 Å². The van der Waals surface area contributed by atoms with Crippen LogP contribution in [0, 0.1) is 0 Å². The Morgan fingerprint density at radius 3 is 1.92 bits per heavy atom. The fraction of sp³-hybridized carbons (Fsp3) is 0.150. The van der Waals surface area contributed by atoms with E-state index in [9.17, 15) is 0 Å². The lowest BCUT2D eigenvalue weighted by molar-refractivity contribution is 0.414. The van der Waals surface area contributed by atoms with Gasteiger partial charge in [-0.2, -0.15) is 0 Å². The van der Waals surface area contributed by atoms with Gasteiger partial charge in [0.15, 0.2) is 0 Å². The summed E-state index contributed by atoms with van der Waals surface area (Å²) >= 11 is 5.86. The largest absolute Gasteiger partial charge is 0.497 e. The minimum absolute atomic E-state index is 0.742. The average Bonchev–Trinajstić information content (AvgIpc) is 3.13. The standard InChI is InChI=1S/C20H19ClN2O2/c1-13(12-21)20-22-18(14-4-8-16(24-2)9-5-14)19(23-20)15-6-10-17(25-3)11-7-15/h4-12H,1-3H3,(H,22,23)/b13-12+. The molecule has 25 heavy (non-hydrogen) atoms. The van der Waals surface area contributed by atoms with Gasteiger partial charge in [-0.05, 0) is 55.5 Å². The Bertz CT molecular complexity index is 816. The zero-order valence-electron chi connectivity index (χ0n) is 14.3. The molecule has 4 nitrogen and oxygen atoms in total. The van der Waals surface area contributed by atoms with Crippen LogP contribution in [0.5, 0.6) is 11.5 Å². The maximum absolute atomic E-state index is 5.86. The van der Waals surface area contributed by atoms with Crippen molar-refractivity contribution >= 4 is 17.2 Å². The Hall–Kier alpha value is -2.72. The number of aromatic nitrogens is 2. The summed E-state index contributed by atoms with van der Waals surface area (Å²) in [4.78, 5) is 8.12. The van der Waals surface area contributed by atoms with Gasteiger partial charge < -0.3 is 14.5 Å². The summed E-state index contributed by atoms with van der Waals surface area (Å²) in [6, 6.07) is 15.7. The number of rotatable bonds is 5. The lowest BCUT2D eigenvalue weighted by atomic mass is 10.0. The summed E-state index contributed by atoms with van der Waals surface area (Å²) in [6.45, 7) is 1.92. The van der Waals surface area contributed by atoms with E-state index < -0.39 is 0 Å². The van der Waals surface area contributed by atoms with Gasteiger partial charge in [-0.15, -0.1) is 0 Å². The van der Waals surface area contributed by atoms with E-state index in [4.69, 9.17) is 26.1 Å². The van der Waals surface area contributed by atoms with Gasteiger partial charge in [0.05, 0.1) is 25.6 Å². The SMILES string of the molecule is COc1ccc(-c2nc(/C(C)=C/Cl)[nH]c2-c2ccc(OC)cc2)cc1. The van der Waals surface area contributed by atoms with Gasteiger partial charge in [-0.1, -0.05) is 11.6 Å². The maximum Gasteiger partial charge on any atom is 0.135 e. The minimum Gasteiger partial charge on any atom is -0.497 e. The second-order valence-corrected chi connectivity index (χ2v) is 5.78. The molecule has 1 heterocycles. The van der Waals surface area contributed by atoms with E-state index in [0.29, 0.717) is 0 Å². The highest BCUT2D eigenvalue weighted by Gasteiger charge is 2.15. The molecule has 0 spiro atoms. The number of methoxy groups -OCH3 is 2. The number of H-pyrrole nitrogens is 1. The number of nitrogens with zero attached hydrogens (tertiary/aromatic N) is 1. The van der Waals surface area contributed by atoms with Gasteiger partial charge in [0.2, 0.25) is 0 Å². The number of aromatic amines is 1. The molecule has 0 unspecified atom stereocenters. The number of ether oxygens (including phenoxy) is 2. The summed E-state index contributed by atoms with van der Waals surface area (Å²) in [5.41, 5.74) is 6.20. The summed E-state index contributed by atoms with van der Waals surface area (Å²) in [5, 5.41) is 0. The molecule has 5 heteroatoms. The summed E-state index contributed by atoms with van der Waals surface area (Å²) in [5.74, 6) is 2.36. The highest BCUT2D eigenvalue weighted by atomic mass is 35.5. The summed E-state index contributed by atoms with van der Waals surface area (Å²) in [6.07, 6.45) is 0. The topological polar surface area (TPSA) is 47.1 Å². The molecule has 0 aliphatic heterocycles. The van der Waals surface area contributed by atoms with Crippen LogP contribution in [0.2, 0.25) is 0 Å². The molecule has 0 amide bonds. The molecular formula is C20H19ClN2O2. The summed E-state index contributed by atoms with van der Waals surface area (Å²) in [7, 11) is 3.31. The number of halogens is 1. The predicted molar refractivity (Wildman–Crippen MR) is 102 cm³/mol. The first-order valence-corrected chi connectivity index (χ1v) is 8.26. The van der Waals surface area contributed by atoms with Crippen molar-refractivity contribution in [3.63, 3.8) is 0 Å². The molecule has 3 rings (SSSR count). The molecule has 1 aromatic heterocycles. The van der Waals surface area contributed by atoms with Gasteiger partial charge in [-0.25, -0.2) is 4.98 Å². The summed E-state index contributed by atoms with van der Waals surface area (Å²) < 4.78 is 10.5. The van der Waals surface area contributed by atoms with Crippen LogP contribution in [0.1, 0.15) is 12.7 Å². The van der Waals surface area contributed by atoms with Crippen molar-refractivity contribution in [2.24, 2.45) is 0 Å². The van der Waals surface area contributed by atoms with E-state index in [-0.39, 0.29) is 0 Å². The first-order chi connectivity index (χ1) is 12.2. The molecular weight excluding hydrogens is 336 g/mol. The highest BCUT2D eigenvalue weighted by molar-refractivity contribution is 6.28. The number of nitrogens with one attached hydrogen (secondary N) is 1. The zero-order valence-corrected chi connectivity index (χ0v) is 15.1. The lowest BCUT2D eigenvalue weighted by Gasteiger charge is -2.06. The van der Waals surface area contributed by atoms with Crippen LogP contribution in [0.15, 0.2) is 54.1 Å². The van der Waals surface area contributed by atoms with Crippen LogP contribution in [-0.2, 0) is 0 Å². The molecule has 128 valence electrons.